The Hall–Kier alpha value is -0.770. The van der Waals surface area contributed by atoms with E-state index in [1.54, 1.807) is 0 Å². The van der Waals surface area contributed by atoms with Gasteiger partial charge in [0, 0.05) is 12.1 Å². The molecule has 0 bridgehead atoms. The molecule has 0 aromatic rings. The predicted molar refractivity (Wildman–Crippen MR) is 66.3 cm³/mol. The lowest BCUT2D eigenvalue weighted by atomic mass is 9.82. The van der Waals surface area contributed by atoms with Crippen LogP contribution in [0.2, 0.25) is 0 Å². The van der Waals surface area contributed by atoms with Gasteiger partial charge in [-0.2, -0.15) is 0 Å². The smallest absolute Gasteiger partial charge is 0.315 e. The number of carbonyl (C=O) groups excluding carboxylic acids is 1. The third-order valence-electron chi connectivity index (χ3n) is 3.07. The molecule has 4 heteroatoms. The first-order valence-corrected chi connectivity index (χ1v) is 6.17. The quantitative estimate of drug-likeness (QED) is 0.672. The summed E-state index contributed by atoms with van der Waals surface area (Å²) in [6.07, 6.45) is 5.58. The molecule has 4 N–H and O–H groups in total. The van der Waals surface area contributed by atoms with Crippen molar-refractivity contribution in [1.29, 1.82) is 0 Å². The molecule has 0 unspecified atom stereocenters. The molecule has 4 nitrogen and oxygen atoms in total. The second-order valence-electron chi connectivity index (χ2n) is 5.87. The minimum absolute atomic E-state index is 0.0974. The predicted octanol–water partition coefficient (Wildman–Crippen LogP) is 1.75. The van der Waals surface area contributed by atoms with Gasteiger partial charge in [-0.1, -0.05) is 19.3 Å². The zero-order valence-electron chi connectivity index (χ0n) is 10.7. The van der Waals surface area contributed by atoms with Crippen molar-refractivity contribution >= 4 is 6.03 Å². The molecule has 0 spiro atoms. The van der Waals surface area contributed by atoms with Crippen molar-refractivity contribution in [2.45, 2.75) is 64.0 Å². The Kier molecular flexibility index (Phi) is 4.19. The van der Waals surface area contributed by atoms with E-state index in [-0.39, 0.29) is 17.1 Å². The van der Waals surface area contributed by atoms with Crippen LogP contribution in [-0.4, -0.2) is 23.7 Å². The molecule has 0 aromatic carbocycles. The van der Waals surface area contributed by atoms with Gasteiger partial charge in [0.05, 0.1) is 5.54 Å². The van der Waals surface area contributed by atoms with Crippen LogP contribution < -0.4 is 16.4 Å². The number of carbonyl (C=O) groups is 1. The van der Waals surface area contributed by atoms with E-state index in [0.29, 0.717) is 6.54 Å². The van der Waals surface area contributed by atoms with E-state index < -0.39 is 0 Å². The summed E-state index contributed by atoms with van der Waals surface area (Å²) in [6, 6.07) is -0.0974. The largest absolute Gasteiger partial charge is 0.334 e. The van der Waals surface area contributed by atoms with Gasteiger partial charge in [0.25, 0.3) is 0 Å². The summed E-state index contributed by atoms with van der Waals surface area (Å²) in [7, 11) is 0. The summed E-state index contributed by atoms with van der Waals surface area (Å²) >= 11 is 0. The lowest BCUT2D eigenvalue weighted by Crippen LogP contribution is -2.59. The van der Waals surface area contributed by atoms with Crippen molar-refractivity contribution in [1.82, 2.24) is 10.6 Å². The summed E-state index contributed by atoms with van der Waals surface area (Å²) < 4.78 is 0. The van der Waals surface area contributed by atoms with Gasteiger partial charge >= 0.3 is 6.03 Å². The van der Waals surface area contributed by atoms with Gasteiger partial charge in [-0.05, 0) is 33.6 Å². The Labute approximate surface area is 98.3 Å². The van der Waals surface area contributed by atoms with Crippen molar-refractivity contribution in [3.8, 4) is 0 Å². The van der Waals surface area contributed by atoms with Crippen LogP contribution in [0.1, 0.15) is 52.9 Å². The highest BCUT2D eigenvalue weighted by Gasteiger charge is 2.32. The monoisotopic (exact) mass is 227 g/mol. The van der Waals surface area contributed by atoms with Gasteiger partial charge in [-0.25, -0.2) is 4.79 Å². The van der Waals surface area contributed by atoms with Crippen molar-refractivity contribution in [2.24, 2.45) is 5.73 Å². The van der Waals surface area contributed by atoms with Crippen molar-refractivity contribution in [3.63, 3.8) is 0 Å². The van der Waals surface area contributed by atoms with E-state index >= 15 is 0 Å². The van der Waals surface area contributed by atoms with E-state index in [1.165, 1.54) is 6.42 Å². The molecule has 1 fully saturated rings. The number of rotatable bonds is 2. The summed E-state index contributed by atoms with van der Waals surface area (Å²) in [6.45, 7) is 6.46. The van der Waals surface area contributed by atoms with E-state index in [2.05, 4.69) is 10.6 Å². The Bertz CT molecular complexity index is 239. The summed E-state index contributed by atoms with van der Waals surface area (Å²) in [5, 5.41) is 5.98. The Balaban J connectivity index is 2.52. The van der Waals surface area contributed by atoms with Crippen LogP contribution in [-0.2, 0) is 0 Å². The lowest BCUT2D eigenvalue weighted by molar-refractivity contribution is 0.198. The highest BCUT2D eigenvalue weighted by atomic mass is 16.2. The van der Waals surface area contributed by atoms with Gasteiger partial charge in [0.2, 0.25) is 0 Å². The second-order valence-corrected chi connectivity index (χ2v) is 5.87. The minimum atomic E-state index is -0.200. The van der Waals surface area contributed by atoms with Gasteiger partial charge in [-0.15, -0.1) is 0 Å². The Morgan fingerprint density at radius 1 is 1.25 bits per heavy atom. The number of hydrogen-bond donors (Lipinski definition) is 3. The zero-order valence-corrected chi connectivity index (χ0v) is 10.7. The molecule has 0 aromatic heterocycles. The molecule has 0 atom stereocenters. The van der Waals surface area contributed by atoms with Crippen molar-refractivity contribution in [3.05, 3.63) is 0 Å². The van der Waals surface area contributed by atoms with Gasteiger partial charge < -0.3 is 16.4 Å². The molecule has 2 amide bonds. The Morgan fingerprint density at radius 2 is 1.81 bits per heavy atom. The molecule has 1 aliphatic carbocycles. The van der Waals surface area contributed by atoms with Crippen LogP contribution in [0.4, 0.5) is 4.79 Å². The lowest BCUT2D eigenvalue weighted by Gasteiger charge is -2.38. The zero-order chi connectivity index (χ0) is 12.2. The van der Waals surface area contributed by atoms with Crippen molar-refractivity contribution < 1.29 is 4.79 Å². The maximum atomic E-state index is 11.8. The molecule has 16 heavy (non-hydrogen) atoms. The molecular weight excluding hydrogens is 202 g/mol. The molecule has 0 heterocycles. The topological polar surface area (TPSA) is 67.2 Å². The maximum Gasteiger partial charge on any atom is 0.315 e. The summed E-state index contributed by atoms with van der Waals surface area (Å²) in [5.74, 6) is 0. The van der Waals surface area contributed by atoms with Gasteiger partial charge in [0.1, 0.15) is 0 Å². The Morgan fingerprint density at radius 3 is 2.25 bits per heavy atom. The fourth-order valence-corrected chi connectivity index (χ4v) is 2.22. The van der Waals surface area contributed by atoms with Crippen LogP contribution >= 0.6 is 0 Å². The van der Waals surface area contributed by atoms with Crippen LogP contribution in [0.25, 0.3) is 0 Å². The average Bonchev–Trinajstić information content (AvgIpc) is 2.16. The number of nitrogens with two attached hydrogens (primary N) is 1. The van der Waals surface area contributed by atoms with E-state index in [0.717, 1.165) is 25.7 Å². The van der Waals surface area contributed by atoms with Crippen LogP contribution in [0.3, 0.4) is 0 Å². The number of hydrogen-bond acceptors (Lipinski definition) is 2. The summed E-state index contributed by atoms with van der Waals surface area (Å²) in [5.41, 5.74) is 5.43. The first-order valence-electron chi connectivity index (χ1n) is 6.17. The highest BCUT2D eigenvalue weighted by Crippen LogP contribution is 2.27. The molecule has 0 radical (unpaired) electrons. The molecule has 1 rings (SSSR count). The fraction of sp³-hybridized carbons (Fsp3) is 0.917. The van der Waals surface area contributed by atoms with E-state index in [1.807, 2.05) is 20.8 Å². The third-order valence-corrected chi connectivity index (χ3v) is 3.07. The molecule has 94 valence electrons. The molecule has 1 saturated carbocycles. The molecule has 0 saturated heterocycles. The molecular formula is C12H25N3O. The third kappa shape index (κ3) is 4.00. The van der Waals surface area contributed by atoms with Crippen molar-refractivity contribution in [2.75, 3.05) is 6.54 Å². The number of urea groups is 1. The van der Waals surface area contributed by atoms with Crippen LogP contribution in [0.15, 0.2) is 0 Å². The SMILES string of the molecule is CC(C)(C)NC(=O)NC1(CN)CCCCC1. The summed E-state index contributed by atoms with van der Waals surface area (Å²) in [4.78, 5) is 11.8. The standard InChI is InChI=1S/C12H25N3O/c1-11(2,3)14-10(16)15-12(9-13)7-5-4-6-8-12/h4-9,13H2,1-3H3,(H2,14,15,16). The normalized spacial score (nSPS) is 20.2. The van der Waals surface area contributed by atoms with Gasteiger partial charge in [-0.3, -0.25) is 0 Å². The van der Waals surface area contributed by atoms with Crippen LogP contribution in [0.5, 0.6) is 0 Å². The van der Waals surface area contributed by atoms with Crippen LogP contribution in [0, 0.1) is 0 Å². The van der Waals surface area contributed by atoms with Gasteiger partial charge in [0.15, 0.2) is 0 Å². The van der Waals surface area contributed by atoms with E-state index in [4.69, 9.17) is 5.73 Å². The highest BCUT2D eigenvalue weighted by molar-refractivity contribution is 5.75. The second kappa shape index (κ2) is 5.04. The number of amides is 2. The molecule has 1 aliphatic rings. The first-order chi connectivity index (χ1) is 7.37. The average molecular weight is 227 g/mol. The number of nitrogens with one attached hydrogen (secondary N) is 2. The maximum absolute atomic E-state index is 11.8. The van der Waals surface area contributed by atoms with E-state index in [9.17, 15) is 4.79 Å². The minimum Gasteiger partial charge on any atom is -0.334 e. The molecule has 0 aliphatic heterocycles. The fourth-order valence-electron chi connectivity index (χ4n) is 2.22. The first kappa shape index (κ1) is 13.3.